The number of unbranched alkanes of at least 4 members (excludes halogenated alkanes) is 9. The molecule has 0 heterocycles. The molecular formula is C28H37BrO5. The summed E-state index contributed by atoms with van der Waals surface area (Å²) in [5.74, 6) is -0.365. The molecule has 0 aromatic heterocycles. The van der Waals surface area contributed by atoms with Gasteiger partial charge in [-0.2, -0.15) is 0 Å². The zero-order valence-corrected chi connectivity index (χ0v) is 21.8. The average molecular weight is 534 g/mol. The third-order valence-electron chi connectivity index (χ3n) is 5.50. The van der Waals surface area contributed by atoms with Crippen molar-refractivity contribution in [3.8, 4) is 5.75 Å². The molecule has 0 saturated carbocycles. The first-order chi connectivity index (χ1) is 16.6. The molecule has 0 atom stereocenters. The molecule has 0 aliphatic carbocycles. The van der Waals surface area contributed by atoms with Crippen LogP contribution in [0.4, 0.5) is 0 Å². The maximum Gasteiger partial charge on any atom is 0.339 e. The van der Waals surface area contributed by atoms with E-state index in [1.54, 1.807) is 24.3 Å². The number of halogens is 1. The number of carbonyl (C=O) groups excluding carboxylic acids is 2. The van der Waals surface area contributed by atoms with Crippen LogP contribution >= 0.6 is 15.9 Å². The predicted molar refractivity (Wildman–Crippen MR) is 138 cm³/mol. The van der Waals surface area contributed by atoms with Gasteiger partial charge in [0.25, 0.3) is 0 Å². The molecule has 0 radical (unpaired) electrons. The summed E-state index contributed by atoms with van der Waals surface area (Å²) < 4.78 is 17.2. The third-order valence-corrected chi connectivity index (χ3v) is 6.03. The van der Waals surface area contributed by atoms with Crippen molar-refractivity contribution >= 4 is 27.9 Å². The van der Waals surface area contributed by atoms with E-state index in [0.29, 0.717) is 12.4 Å². The van der Waals surface area contributed by atoms with Gasteiger partial charge in [-0.25, -0.2) is 9.59 Å². The molecule has 6 heteroatoms. The van der Waals surface area contributed by atoms with Crippen LogP contribution in [-0.2, 0) is 9.47 Å². The molecule has 0 bridgehead atoms. The molecule has 0 aliphatic heterocycles. The molecule has 2 aromatic carbocycles. The second-order valence-corrected chi connectivity index (χ2v) is 9.22. The lowest BCUT2D eigenvalue weighted by Gasteiger charge is -2.10. The highest BCUT2D eigenvalue weighted by molar-refractivity contribution is 9.10. The fourth-order valence-electron chi connectivity index (χ4n) is 3.57. The maximum absolute atomic E-state index is 12.5. The van der Waals surface area contributed by atoms with Gasteiger partial charge in [-0.15, -0.1) is 0 Å². The number of hydrogen-bond donors (Lipinski definition) is 0. The summed E-state index contributed by atoms with van der Waals surface area (Å²) in [6.07, 6.45) is 12.2. The molecule has 0 saturated heterocycles. The zero-order chi connectivity index (χ0) is 24.4. The van der Waals surface area contributed by atoms with Crippen LogP contribution < -0.4 is 4.74 Å². The number of rotatable bonds is 17. The van der Waals surface area contributed by atoms with E-state index in [4.69, 9.17) is 14.2 Å². The SMILES string of the molecule is CCCCCCCCCCCCOC(=O)c1ccccc1C(=O)OCCOc1ccc(Br)cc1. The van der Waals surface area contributed by atoms with Crippen molar-refractivity contribution in [2.24, 2.45) is 0 Å². The highest BCUT2D eigenvalue weighted by Gasteiger charge is 2.18. The Balaban J connectivity index is 1.64. The van der Waals surface area contributed by atoms with Crippen LogP contribution in [0.15, 0.2) is 53.0 Å². The van der Waals surface area contributed by atoms with Gasteiger partial charge < -0.3 is 14.2 Å². The van der Waals surface area contributed by atoms with Crippen LogP contribution in [0, 0.1) is 0 Å². The van der Waals surface area contributed by atoms with Crippen LogP contribution in [0.3, 0.4) is 0 Å². The zero-order valence-electron chi connectivity index (χ0n) is 20.2. The Morgan fingerprint density at radius 3 is 1.71 bits per heavy atom. The number of hydrogen-bond acceptors (Lipinski definition) is 5. The Morgan fingerprint density at radius 1 is 0.647 bits per heavy atom. The van der Waals surface area contributed by atoms with Crippen LogP contribution in [0.25, 0.3) is 0 Å². The highest BCUT2D eigenvalue weighted by atomic mass is 79.9. The molecule has 34 heavy (non-hydrogen) atoms. The number of esters is 2. The predicted octanol–water partition coefficient (Wildman–Crippen LogP) is 7.76. The van der Waals surface area contributed by atoms with Crippen molar-refractivity contribution in [1.82, 2.24) is 0 Å². The smallest absolute Gasteiger partial charge is 0.339 e. The first-order valence-electron chi connectivity index (χ1n) is 12.4. The van der Waals surface area contributed by atoms with Gasteiger partial charge in [-0.05, 0) is 42.8 Å². The molecule has 0 fully saturated rings. The molecule has 2 rings (SSSR count). The lowest BCUT2D eigenvalue weighted by atomic mass is 10.1. The standard InChI is InChI=1S/C28H37BrO5/c1-2-3-4-5-6-7-8-9-10-13-20-33-27(30)25-14-11-12-15-26(25)28(31)34-22-21-32-24-18-16-23(29)17-19-24/h11-12,14-19H,2-10,13,20-22H2,1H3. The fourth-order valence-corrected chi connectivity index (χ4v) is 3.84. The summed E-state index contributed by atoms with van der Waals surface area (Å²) in [4.78, 5) is 25.0. The van der Waals surface area contributed by atoms with Crippen molar-refractivity contribution in [1.29, 1.82) is 0 Å². The Hall–Kier alpha value is -2.34. The second kappa shape index (κ2) is 17.1. The van der Waals surface area contributed by atoms with Gasteiger partial charge in [0.15, 0.2) is 0 Å². The number of carbonyl (C=O) groups is 2. The van der Waals surface area contributed by atoms with E-state index in [-0.39, 0.29) is 24.3 Å². The van der Waals surface area contributed by atoms with E-state index < -0.39 is 11.9 Å². The Bertz CT molecular complexity index is 850. The first kappa shape index (κ1) is 27.9. The van der Waals surface area contributed by atoms with E-state index in [1.165, 1.54) is 44.9 Å². The van der Waals surface area contributed by atoms with Gasteiger partial charge in [-0.1, -0.05) is 92.8 Å². The van der Waals surface area contributed by atoms with Crippen molar-refractivity contribution < 1.29 is 23.8 Å². The summed E-state index contributed by atoms with van der Waals surface area (Å²) in [6.45, 7) is 2.90. The fraction of sp³-hybridized carbons (Fsp3) is 0.500. The maximum atomic E-state index is 12.5. The van der Waals surface area contributed by atoms with E-state index in [1.807, 2.05) is 24.3 Å². The van der Waals surface area contributed by atoms with Crippen molar-refractivity contribution in [3.63, 3.8) is 0 Å². The highest BCUT2D eigenvalue weighted by Crippen LogP contribution is 2.17. The molecule has 5 nitrogen and oxygen atoms in total. The normalized spacial score (nSPS) is 10.6. The number of benzene rings is 2. The lowest BCUT2D eigenvalue weighted by molar-refractivity contribution is 0.0422. The summed E-state index contributed by atoms with van der Waals surface area (Å²) >= 11 is 3.37. The van der Waals surface area contributed by atoms with Gasteiger partial charge in [-0.3, -0.25) is 0 Å². The molecule has 2 aromatic rings. The molecule has 186 valence electrons. The summed E-state index contributed by atoms with van der Waals surface area (Å²) in [6, 6.07) is 14.0. The number of ether oxygens (including phenoxy) is 3. The summed E-state index contributed by atoms with van der Waals surface area (Å²) in [7, 11) is 0. The lowest BCUT2D eigenvalue weighted by Crippen LogP contribution is -2.17. The van der Waals surface area contributed by atoms with Crippen molar-refractivity contribution in [2.75, 3.05) is 19.8 Å². The molecule has 0 unspecified atom stereocenters. The van der Waals surface area contributed by atoms with E-state index in [2.05, 4.69) is 22.9 Å². The monoisotopic (exact) mass is 532 g/mol. The Labute approximate surface area is 212 Å². The molecule has 0 N–H and O–H groups in total. The average Bonchev–Trinajstić information content (AvgIpc) is 2.86. The third kappa shape index (κ3) is 11.2. The Morgan fingerprint density at radius 2 is 1.15 bits per heavy atom. The van der Waals surface area contributed by atoms with Crippen LogP contribution in [-0.4, -0.2) is 31.8 Å². The largest absolute Gasteiger partial charge is 0.490 e. The minimum Gasteiger partial charge on any atom is -0.490 e. The van der Waals surface area contributed by atoms with Gasteiger partial charge in [0, 0.05) is 4.47 Å². The van der Waals surface area contributed by atoms with E-state index in [9.17, 15) is 9.59 Å². The summed E-state index contributed by atoms with van der Waals surface area (Å²) in [5, 5.41) is 0. The minimum atomic E-state index is -0.564. The quantitative estimate of drug-likeness (QED) is 0.154. The molecule has 0 spiro atoms. The first-order valence-corrected chi connectivity index (χ1v) is 13.2. The van der Waals surface area contributed by atoms with Crippen LogP contribution in [0.1, 0.15) is 91.8 Å². The van der Waals surface area contributed by atoms with Crippen molar-refractivity contribution in [2.45, 2.75) is 71.1 Å². The molecular weight excluding hydrogens is 496 g/mol. The minimum absolute atomic E-state index is 0.0802. The van der Waals surface area contributed by atoms with Crippen LogP contribution in [0.2, 0.25) is 0 Å². The molecule has 0 aliphatic rings. The van der Waals surface area contributed by atoms with Gasteiger partial charge in [0.05, 0.1) is 17.7 Å². The Kier molecular flexibility index (Phi) is 14.1. The van der Waals surface area contributed by atoms with Gasteiger partial charge in [0.1, 0.15) is 19.0 Å². The van der Waals surface area contributed by atoms with Crippen LogP contribution in [0.5, 0.6) is 5.75 Å². The van der Waals surface area contributed by atoms with E-state index >= 15 is 0 Å². The summed E-state index contributed by atoms with van der Waals surface area (Å²) in [5.41, 5.74) is 0.438. The van der Waals surface area contributed by atoms with Crippen molar-refractivity contribution in [3.05, 3.63) is 64.1 Å². The van der Waals surface area contributed by atoms with Gasteiger partial charge in [0.2, 0.25) is 0 Å². The second-order valence-electron chi connectivity index (χ2n) is 8.30. The van der Waals surface area contributed by atoms with E-state index in [0.717, 1.165) is 23.7 Å². The van der Waals surface area contributed by atoms with Gasteiger partial charge >= 0.3 is 11.9 Å². The molecule has 0 amide bonds. The topological polar surface area (TPSA) is 61.8 Å².